The molecule has 1 saturated heterocycles. The monoisotopic (exact) mass is 343 g/mol. The number of hydrogen-bond donors (Lipinski definition) is 4. The van der Waals surface area contributed by atoms with Crippen molar-refractivity contribution in [2.45, 2.75) is 24.5 Å². The van der Waals surface area contributed by atoms with Crippen LogP contribution in [0.1, 0.15) is 11.8 Å². The Morgan fingerprint density at radius 1 is 1.40 bits per heavy atom. The van der Waals surface area contributed by atoms with Crippen LogP contribution in [0.2, 0.25) is 0 Å². The van der Waals surface area contributed by atoms with Crippen molar-refractivity contribution in [3.8, 4) is 0 Å². The van der Waals surface area contributed by atoms with Crippen molar-refractivity contribution in [3.63, 3.8) is 0 Å². The number of aromatic nitrogens is 2. The zero-order valence-electron chi connectivity index (χ0n) is 10.3. The second-order valence-corrected chi connectivity index (χ2v) is 5.01. The molecule has 1 aliphatic rings. The summed E-state index contributed by atoms with van der Waals surface area (Å²) >= 11 is 1.71. The molecule has 1 fully saturated rings. The molecule has 0 aliphatic carbocycles. The number of aliphatic hydroxyl groups is 3. The molecule has 2 rings (SSSR count). The van der Waals surface area contributed by atoms with Crippen LogP contribution in [-0.4, -0.2) is 66.3 Å². The van der Waals surface area contributed by atoms with Crippen LogP contribution in [0, 0.1) is 0 Å². The molecule has 0 spiro atoms. The van der Waals surface area contributed by atoms with Gasteiger partial charge in [0, 0.05) is 0 Å². The van der Waals surface area contributed by atoms with Gasteiger partial charge in [-0.1, -0.05) is 0 Å². The van der Waals surface area contributed by atoms with Gasteiger partial charge in [-0.05, 0) is 0 Å². The summed E-state index contributed by atoms with van der Waals surface area (Å²) in [6.07, 6.45) is -2.12. The molecule has 4 N–H and O–H groups in total. The predicted molar refractivity (Wildman–Crippen MR) is 69.1 cm³/mol. The summed E-state index contributed by atoms with van der Waals surface area (Å²) in [5.41, 5.74) is -1.11. The third-order valence-electron chi connectivity index (χ3n) is 3.05. The first kappa shape index (κ1) is 15.2. The van der Waals surface area contributed by atoms with E-state index in [0.29, 0.717) is 0 Å². The van der Waals surface area contributed by atoms with Gasteiger partial charge < -0.3 is 0 Å². The number of aromatic amines is 1. The van der Waals surface area contributed by atoms with Crippen LogP contribution in [-0.2, 0) is 4.74 Å². The number of nitrogens with zero attached hydrogens (tertiary/aromatic N) is 1. The van der Waals surface area contributed by atoms with Gasteiger partial charge in [-0.25, -0.2) is 0 Å². The summed E-state index contributed by atoms with van der Waals surface area (Å²) in [5.74, 6) is 0. The van der Waals surface area contributed by atoms with Crippen LogP contribution in [0.15, 0.2) is 20.7 Å². The van der Waals surface area contributed by atoms with Crippen molar-refractivity contribution >= 4 is 22.6 Å². The Labute approximate surface area is 121 Å². The molecule has 0 saturated carbocycles. The van der Waals surface area contributed by atoms with Gasteiger partial charge in [0.25, 0.3) is 0 Å². The van der Waals surface area contributed by atoms with Crippen LogP contribution < -0.4 is 11.2 Å². The van der Waals surface area contributed by atoms with Crippen molar-refractivity contribution < 1.29 is 20.1 Å². The second kappa shape index (κ2) is 6.06. The third-order valence-corrected chi connectivity index (χ3v) is 3.40. The Morgan fingerprint density at radius 2 is 2.10 bits per heavy atom. The molecule has 1 aliphatic heterocycles. The Hall–Kier alpha value is -1.20. The van der Waals surface area contributed by atoms with Gasteiger partial charge in [0.1, 0.15) is 0 Å². The molecular weight excluding hydrogens is 329 g/mol. The van der Waals surface area contributed by atoms with E-state index >= 15 is 0 Å². The number of rotatable bonds is 3. The number of ether oxygens (including phenoxy) is 1. The first-order valence-electron chi connectivity index (χ1n) is 5.81. The fourth-order valence-electron chi connectivity index (χ4n) is 2.01. The van der Waals surface area contributed by atoms with E-state index in [4.69, 9.17) is 9.84 Å². The Bertz CT molecular complexity index is 624. The fraction of sp³-hybridized carbons (Fsp3) is 0.455. The molecular formula is C11H13GeN2O6. The van der Waals surface area contributed by atoms with E-state index in [-0.39, 0.29) is 5.56 Å². The molecule has 0 unspecified atom stereocenters. The first-order chi connectivity index (χ1) is 9.49. The summed E-state index contributed by atoms with van der Waals surface area (Å²) in [5, 5.41) is 28.6. The predicted octanol–water partition coefficient (Wildman–Crippen LogP) is -2.71. The van der Waals surface area contributed by atoms with Gasteiger partial charge in [-0.3, -0.25) is 0 Å². The fourth-order valence-corrected chi connectivity index (χ4v) is 2.39. The van der Waals surface area contributed by atoms with Gasteiger partial charge in [0.2, 0.25) is 0 Å². The van der Waals surface area contributed by atoms with Crippen LogP contribution in [0.4, 0.5) is 0 Å². The van der Waals surface area contributed by atoms with Gasteiger partial charge in [-0.15, -0.1) is 0 Å². The van der Waals surface area contributed by atoms with E-state index in [1.165, 1.54) is 12.3 Å². The Balaban J connectivity index is 2.46. The average molecular weight is 342 g/mol. The van der Waals surface area contributed by atoms with E-state index in [2.05, 4.69) is 4.98 Å². The van der Waals surface area contributed by atoms with Crippen molar-refractivity contribution in [3.05, 3.63) is 37.5 Å². The third kappa shape index (κ3) is 2.65. The van der Waals surface area contributed by atoms with Crippen molar-refractivity contribution in [1.82, 2.24) is 9.55 Å². The number of hydrogen-bond acceptors (Lipinski definition) is 6. The average Bonchev–Trinajstić information content (AvgIpc) is 2.70. The van der Waals surface area contributed by atoms with Crippen LogP contribution >= 0.6 is 0 Å². The summed E-state index contributed by atoms with van der Waals surface area (Å²) in [7, 11) is 0. The first-order valence-corrected chi connectivity index (χ1v) is 7.02. The number of nitrogens with one attached hydrogen (secondary N) is 1. The molecule has 0 aromatic carbocycles. The molecule has 9 heteroatoms. The maximum absolute atomic E-state index is 11.8. The second-order valence-electron chi connectivity index (χ2n) is 4.31. The normalized spacial score (nSPS) is 30.2. The minimum absolute atomic E-state index is 0.213. The zero-order chi connectivity index (χ0) is 14.9. The molecule has 3 radical (unpaired) electrons. The molecule has 1 aromatic rings. The van der Waals surface area contributed by atoms with E-state index in [0.717, 1.165) is 4.57 Å². The van der Waals surface area contributed by atoms with Crippen molar-refractivity contribution in [2.24, 2.45) is 0 Å². The minimum atomic E-state index is -1.38. The number of H-pyrrole nitrogens is 1. The zero-order valence-corrected chi connectivity index (χ0v) is 12.4. The van der Waals surface area contributed by atoms with Crippen molar-refractivity contribution in [1.29, 1.82) is 0 Å². The molecule has 8 nitrogen and oxygen atoms in total. The van der Waals surface area contributed by atoms with Crippen LogP contribution in [0.3, 0.4) is 0 Å². The van der Waals surface area contributed by atoms with Gasteiger partial charge in [-0.2, -0.15) is 0 Å². The Kier molecular flexibility index (Phi) is 4.60. The summed E-state index contributed by atoms with van der Waals surface area (Å²) in [6.45, 7) is -0.492. The molecule has 0 bridgehead atoms. The van der Waals surface area contributed by atoms with E-state index in [9.17, 15) is 19.8 Å². The molecule has 107 valence electrons. The van der Waals surface area contributed by atoms with E-state index in [1.807, 2.05) is 0 Å². The summed E-state index contributed by atoms with van der Waals surface area (Å²) in [6, 6.07) is 0. The molecule has 1 aromatic heterocycles. The quantitative estimate of drug-likeness (QED) is 0.443. The topological polar surface area (TPSA) is 125 Å². The van der Waals surface area contributed by atoms with Crippen molar-refractivity contribution in [2.75, 3.05) is 6.61 Å². The van der Waals surface area contributed by atoms with Gasteiger partial charge in [0.15, 0.2) is 0 Å². The Morgan fingerprint density at radius 3 is 2.65 bits per heavy atom. The van der Waals surface area contributed by atoms with Crippen LogP contribution in [0.25, 0.3) is 6.08 Å². The van der Waals surface area contributed by atoms with Crippen LogP contribution in [0.5, 0.6) is 0 Å². The molecule has 20 heavy (non-hydrogen) atoms. The molecule has 2 heterocycles. The van der Waals surface area contributed by atoms with Gasteiger partial charge >= 0.3 is 121 Å². The summed E-state index contributed by atoms with van der Waals surface area (Å²) < 4.78 is 6.23. The number of aliphatic hydroxyl groups excluding tert-OH is 3. The van der Waals surface area contributed by atoms with E-state index < -0.39 is 42.4 Å². The SMILES string of the molecule is O=c1[nH]c(=O)n([C@@H]2O[C@H](CO)[C@@H](O)[C@@H]2O)cc1/C=[CH]/[Ge]. The molecule has 4 atom stereocenters. The maximum atomic E-state index is 11.8. The standard InChI is InChI=1S/C11H13GeN2O6/c12-2-1-5-3-14(11(19)13-9(5)18)10-8(17)7(16)6(4-15)20-10/h1-3,6-8,10,15-17H,4H2,(H,13,18,19)/b2-1+/t6-,7-,8+,10-/m1/s1. The van der Waals surface area contributed by atoms with Gasteiger partial charge in [0.05, 0.1) is 0 Å². The molecule has 0 amide bonds. The summed E-state index contributed by atoms with van der Waals surface area (Å²) in [4.78, 5) is 27.1. The van der Waals surface area contributed by atoms with E-state index in [1.54, 1.807) is 21.4 Å².